The van der Waals surface area contributed by atoms with Gasteiger partial charge >= 0.3 is 0 Å². The van der Waals surface area contributed by atoms with Crippen LogP contribution in [0.3, 0.4) is 0 Å². The third-order valence-corrected chi connectivity index (χ3v) is 4.86. The summed E-state index contributed by atoms with van der Waals surface area (Å²) in [6.45, 7) is 0. The number of fused-ring (bicyclic) bond motifs is 1. The standard InChI is InChI=1S/C11H14N4O2S/c16-18(17)7-3-4-9(8-18)12-11-13-10-5-1-2-6-15(10)14-11/h1-2,5-6,9H,3-4,7-8H2,(H,12,14). The molecule has 0 radical (unpaired) electrons. The minimum absolute atomic E-state index is 0.0823. The fraction of sp³-hybridized carbons (Fsp3) is 0.455. The van der Waals surface area contributed by atoms with Gasteiger partial charge in [-0.25, -0.2) is 12.9 Å². The topological polar surface area (TPSA) is 76.4 Å². The Morgan fingerprint density at radius 1 is 1.39 bits per heavy atom. The van der Waals surface area contributed by atoms with E-state index in [0.29, 0.717) is 18.1 Å². The minimum Gasteiger partial charge on any atom is -0.349 e. The summed E-state index contributed by atoms with van der Waals surface area (Å²) in [7, 11) is -2.91. The number of pyridine rings is 1. The Bertz CT molecular complexity index is 631. The molecule has 6 nitrogen and oxygen atoms in total. The summed E-state index contributed by atoms with van der Waals surface area (Å²) in [5.41, 5.74) is 0.749. The highest BCUT2D eigenvalue weighted by Gasteiger charge is 2.25. The minimum atomic E-state index is -2.91. The Morgan fingerprint density at radius 2 is 2.28 bits per heavy atom. The van der Waals surface area contributed by atoms with Crippen molar-refractivity contribution in [3.05, 3.63) is 24.4 Å². The van der Waals surface area contributed by atoms with Crippen LogP contribution in [0.1, 0.15) is 12.8 Å². The van der Waals surface area contributed by atoms with Crippen LogP contribution < -0.4 is 5.32 Å². The lowest BCUT2D eigenvalue weighted by molar-refractivity contribution is 0.561. The normalized spacial score (nSPS) is 23.0. The van der Waals surface area contributed by atoms with Crippen molar-refractivity contribution in [2.24, 2.45) is 0 Å². The molecule has 1 aliphatic rings. The molecular weight excluding hydrogens is 252 g/mol. The van der Waals surface area contributed by atoms with Gasteiger partial charge in [0.2, 0.25) is 5.95 Å². The summed E-state index contributed by atoms with van der Waals surface area (Å²) in [4.78, 5) is 4.30. The molecule has 0 amide bonds. The van der Waals surface area contributed by atoms with E-state index in [1.807, 2.05) is 24.4 Å². The maximum atomic E-state index is 11.5. The zero-order chi connectivity index (χ0) is 12.6. The number of aromatic nitrogens is 3. The average molecular weight is 266 g/mol. The molecule has 1 unspecified atom stereocenters. The van der Waals surface area contributed by atoms with Crippen LogP contribution in [0.5, 0.6) is 0 Å². The SMILES string of the molecule is O=S1(=O)CCCC(Nc2nc3ccccn3n2)C1. The highest BCUT2D eigenvalue weighted by atomic mass is 32.2. The van der Waals surface area contributed by atoms with Crippen LogP contribution in [-0.2, 0) is 9.84 Å². The van der Waals surface area contributed by atoms with Gasteiger partial charge in [-0.2, -0.15) is 4.98 Å². The zero-order valence-electron chi connectivity index (χ0n) is 9.78. The lowest BCUT2D eigenvalue weighted by Gasteiger charge is -2.22. The van der Waals surface area contributed by atoms with Gasteiger partial charge in [0.25, 0.3) is 0 Å². The van der Waals surface area contributed by atoms with Crippen LogP contribution in [0.2, 0.25) is 0 Å². The van der Waals surface area contributed by atoms with Gasteiger partial charge in [-0.05, 0) is 25.0 Å². The van der Waals surface area contributed by atoms with E-state index in [2.05, 4.69) is 15.4 Å². The monoisotopic (exact) mass is 266 g/mol. The van der Waals surface area contributed by atoms with Crippen molar-refractivity contribution in [1.29, 1.82) is 0 Å². The molecule has 0 spiro atoms. The van der Waals surface area contributed by atoms with E-state index >= 15 is 0 Å². The largest absolute Gasteiger partial charge is 0.349 e. The maximum Gasteiger partial charge on any atom is 0.243 e. The Labute approximate surface area is 105 Å². The van der Waals surface area contributed by atoms with Crippen LogP contribution in [0.4, 0.5) is 5.95 Å². The second-order valence-electron chi connectivity index (χ2n) is 4.54. The van der Waals surface area contributed by atoms with E-state index in [-0.39, 0.29) is 11.8 Å². The molecule has 1 atom stereocenters. The van der Waals surface area contributed by atoms with E-state index in [1.165, 1.54) is 0 Å². The molecule has 0 bridgehead atoms. The second kappa shape index (κ2) is 4.24. The molecule has 1 fully saturated rings. The molecule has 18 heavy (non-hydrogen) atoms. The molecular formula is C11H14N4O2S. The number of nitrogens with zero attached hydrogens (tertiary/aromatic N) is 3. The maximum absolute atomic E-state index is 11.5. The molecule has 0 aliphatic carbocycles. The summed E-state index contributed by atoms with van der Waals surface area (Å²) in [6.07, 6.45) is 3.35. The van der Waals surface area contributed by atoms with Gasteiger partial charge in [0.05, 0.1) is 11.5 Å². The number of sulfone groups is 1. The van der Waals surface area contributed by atoms with Crippen molar-refractivity contribution >= 4 is 21.4 Å². The van der Waals surface area contributed by atoms with Crippen LogP contribution in [-0.4, -0.2) is 40.6 Å². The van der Waals surface area contributed by atoms with Crippen molar-refractivity contribution < 1.29 is 8.42 Å². The Balaban J connectivity index is 1.80. The smallest absolute Gasteiger partial charge is 0.243 e. The van der Waals surface area contributed by atoms with E-state index in [9.17, 15) is 8.42 Å². The van der Waals surface area contributed by atoms with Gasteiger partial charge in [0.15, 0.2) is 15.5 Å². The van der Waals surface area contributed by atoms with Gasteiger partial charge in [-0.1, -0.05) is 6.07 Å². The summed E-state index contributed by atoms with van der Waals surface area (Å²) in [5.74, 6) is 0.954. The molecule has 1 aliphatic heterocycles. The van der Waals surface area contributed by atoms with Crippen molar-refractivity contribution in [2.75, 3.05) is 16.8 Å². The molecule has 2 aromatic heterocycles. The molecule has 3 heterocycles. The van der Waals surface area contributed by atoms with Crippen LogP contribution >= 0.6 is 0 Å². The van der Waals surface area contributed by atoms with Crippen LogP contribution in [0.15, 0.2) is 24.4 Å². The quantitative estimate of drug-likeness (QED) is 0.866. The van der Waals surface area contributed by atoms with E-state index in [4.69, 9.17) is 0 Å². The first kappa shape index (κ1) is 11.5. The third kappa shape index (κ3) is 2.31. The highest BCUT2D eigenvalue weighted by Crippen LogP contribution is 2.16. The average Bonchev–Trinajstić information content (AvgIpc) is 2.69. The van der Waals surface area contributed by atoms with Gasteiger partial charge in [0, 0.05) is 12.2 Å². The number of hydrogen-bond acceptors (Lipinski definition) is 5. The Morgan fingerprint density at radius 3 is 3.06 bits per heavy atom. The fourth-order valence-corrected chi connectivity index (χ4v) is 3.85. The Hall–Kier alpha value is -1.63. The number of nitrogens with one attached hydrogen (secondary N) is 1. The molecule has 1 N–H and O–H groups in total. The van der Waals surface area contributed by atoms with Crippen molar-refractivity contribution in [3.63, 3.8) is 0 Å². The van der Waals surface area contributed by atoms with Gasteiger partial charge < -0.3 is 5.32 Å². The third-order valence-electron chi connectivity index (χ3n) is 3.04. The molecule has 7 heteroatoms. The van der Waals surface area contributed by atoms with Gasteiger partial charge in [-0.15, -0.1) is 5.10 Å². The van der Waals surface area contributed by atoms with Crippen molar-refractivity contribution in [1.82, 2.24) is 14.6 Å². The zero-order valence-corrected chi connectivity index (χ0v) is 10.6. The summed E-state index contributed by atoms with van der Waals surface area (Å²) in [6, 6.07) is 5.53. The molecule has 0 aromatic carbocycles. The molecule has 3 rings (SSSR count). The first-order valence-corrected chi connectivity index (χ1v) is 7.73. The summed E-state index contributed by atoms with van der Waals surface area (Å²) < 4.78 is 24.7. The number of rotatable bonds is 2. The van der Waals surface area contributed by atoms with E-state index < -0.39 is 9.84 Å². The first-order chi connectivity index (χ1) is 8.62. The second-order valence-corrected chi connectivity index (χ2v) is 6.77. The lowest BCUT2D eigenvalue weighted by atomic mass is 10.2. The predicted molar refractivity (Wildman–Crippen MR) is 68.3 cm³/mol. The van der Waals surface area contributed by atoms with Gasteiger partial charge in [-0.3, -0.25) is 0 Å². The van der Waals surface area contributed by atoms with Crippen LogP contribution in [0, 0.1) is 0 Å². The Kier molecular flexibility index (Phi) is 2.70. The van der Waals surface area contributed by atoms with E-state index in [1.54, 1.807) is 4.52 Å². The highest BCUT2D eigenvalue weighted by molar-refractivity contribution is 7.91. The summed E-state index contributed by atoms with van der Waals surface area (Å²) >= 11 is 0. The number of anilines is 1. The molecule has 1 saturated heterocycles. The fourth-order valence-electron chi connectivity index (χ4n) is 2.21. The number of hydrogen-bond donors (Lipinski definition) is 1. The summed E-state index contributed by atoms with van der Waals surface area (Å²) in [5, 5.41) is 7.36. The van der Waals surface area contributed by atoms with Crippen molar-refractivity contribution in [2.45, 2.75) is 18.9 Å². The lowest BCUT2D eigenvalue weighted by Crippen LogP contribution is -2.35. The van der Waals surface area contributed by atoms with Crippen LogP contribution in [0.25, 0.3) is 5.65 Å². The molecule has 96 valence electrons. The predicted octanol–water partition coefficient (Wildman–Crippen LogP) is 0.718. The van der Waals surface area contributed by atoms with Gasteiger partial charge in [0.1, 0.15) is 0 Å². The van der Waals surface area contributed by atoms with E-state index in [0.717, 1.165) is 12.1 Å². The first-order valence-electron chi connectivity index (χ1n) is 5.91. The molecule has 2 aromatic rings. The molecule has 0 saturated carbocycles. The van der Waals surface area contributed by atoms with Crippen molar-refractivity contribution in [3.8, 4) is 0 Å².